The summed E-state index contributed by atoms with van der Waals surface area (Å²) in [6.45, 7) is 9.76. The van der Waals surface area contributed by atoms with E-state index >= 15 is 0 Å². The van der Waals surface area contributed by atoms with Gasteiger partial charge in [-0.2, -0.15) is 0 Å². The fraction of sp³-hybridized carbons (Fsp3) is 0.647. The van der Waals surface area contributed by atoms with E-state index < -0.39 is 11.7 Å². The predicted octanol–water partition coefficient (Wildman–Crippen LogP) is 1.97. The number of aliphatic hydroxyl groups is 2. The number of rotatable bonds is 6. The Morgan fingerprint density at radius 3 is 2.64 bits per heavy atom. The molecule has 1 aliphatic heterocycles. The normalized spacial score (nSPS) is 23.0. The molecule has 2 N–H and O–H groups in total. The van der Waals surface area contributed by atoms with E-state index in [2.05, 4.69) is 4.90 Å². The van der Waals surface area contributed by atoms with Gasteiger partial charge in [-0.15, -0.1) is 0 Å². The fourth-order valence-corrected chi connectivity index (χ4v) is 3.26. The molecule has 0 bridgehead atoms. The maximum atomic E-state index is 10.9. The van der Waals surface area contributed by atoms with Crippen LogP contribution in [0.15, 0.2) is 18.2 Å². The third-order valence-corrected chi connectivity index (χ3v) is 4.18. The van der Waals surface area contributed by atoms with Gasteiger partial charge >= 0.3 is 0 Å². The lowest BCUT2D eigenvalue weighted by molar-refractivity contribution is -0.0841. The number of fused-ring (bicyclic) bond motifs is 1. The highest BCUT2D eigenvalue weighted by Gasteiger charge is 2.46. The maximum Gasteiger partial charge on any atom is 0.126 e. The molecule has 0 aromatic heterocycles. The number of likely N-dealkylation sites (N-methyl/N-ethyl adjacent to an activating group) is 1. The molecule has 5 nitrogen and oxygen atoms in total. The summed E-state index contributed by atoms with van der Waals surface area (Å²) in [4.78, 5) is 2.06. The number of benzene rings is 1. The smallest absolute Gasteiger partial charge is 0.126 e. The van der Waals surface area contributed by atoms with E-state index in [4.69, 9.17) is 9.47 Å². The van der Waals surface area contributed by atoms with Crippen LogP contribution in [0.3, 0.4) is 0 Å². The van der Waals surface area contributed by atoms with Crippen molar-refractivity contribution in [3.8, 4) is 11.5 Å². The molecule has 1 aliphatic rings. The zero-order valence-corrected chi connectivity index (χ0v) is 13.9. The lowest BCUT2D eigenvalue weighted by atomic mass is 9.84. The third kappa shape index (κ3) is 3.21. The van der Waals surface area contributed by atoms with E-state index in [9.17, 15) is 10.2 Å². The zero-order valence-electron chi connectivity index (χ0n) is 13.9. The summed E-state index contributed by atoms with van der Waals surface area (Å²) >= 11 is 0. The molecule has 22 heavy (non-hydrogen) atoms. The van der Waals surface area contributed by atoms with Crippen LogP contribution < -0.4 is 9.47 Å². The molecule has 2 unspecified atom stereocenters. The molecule has 2 rings (SSSR count). The second kappa shape index (κ2) is 6.86. The molecule has 0 aliphatic carbocycles. The predicted molar refractivity (Wildman–Crippen MR) is 85.4 cm³/mol. The Kier molecular flexibility index (Phi) is 5.32. The van der Waals surface area contributed by atoms with Crippen molar-refractivity contribution in [1.82, 2.24) is 4.90 Å². The van der Waals surface area contributed by atoms with Crippen LogP contribution in [0, 0.1) is 0 Å². The number of hydrogen-bond donors (Lipinski definition) is 2. The monoisotopic (exact) mass is 309 g/mol. The number of nitrogens with zero attached hydrogens (tertiary/aromatic N) is 1. The summed E-state index contributed by atoms with van der Waals surface area (Å²) in [5.41, 5.74) is 0.191. The summed E-state index contributed by atoms with van der Waals surface area (Å²) in [5, 5.41) is 20.2. The Bertz CT molecular complexity index is 503. The van der Waals surface area contributed by atoms with Crippen molar-refractivity contribution in [1.29, 1.82) is 0 Å². The molecular weight excluding hydrogens is 282 g/mol. The first-order valence-electron chi connectivity index (χ1n) is 7.93. The van der Waals surface area contributed by atoms with Crippen molar-refractivity contribution in [2.24, 2.45) is 0 Å². The minimum absolute atomic E-state index is 0.0545. The summed E-state index contributed by atoms with van der Waals surface area (Å²) in [7, 11) is 0. The van der Waals surface area contributed by atoms with Crippen molar-refractivity contribution in [2.75, 3.05) is 26.3 Å². The average molecular weight is 309 g/mol. The molecule has 0 fully saturated rings. The van der Waals surface area contributed by atoms with Gasteiger partial charge in [0.05, 0.1) is 19.3 Å². The first kappa shape index (κ1) is 17.1. The van der Waals surface area contributed by atoms with Crippen molar-refractivity contribution < 1.29 is 19.7 Å². The minimum Gasteiger partial charge on any atom is -0.494 e. The number of aliphatic hydroxyl groups excluding tert-OH is 2. The van der Waals surface area contributed by atoms with Gasteiger partial charge in [-0.25, -0.2) is 0 Å². The molecule has 1 aromatic carbocycles. The largest absolute Gasteiger partial charge is 0.494 e. The van der Waals surface area contributed by atoms with E-state index in [1.807, 2.05) is 45.9 Å². The second-order valence-electron chi connectivity index (χ2n) is 6.08. The topological polar surface area (TPSA) is 62.2 Å². The number of hydrogen-bond acceptors (Lipinski definition) is 5. The molecule has 0 saturated heterocycles. The highest BCUT2D eigenvalue weighted by atomic mass is 16.5. The van der Waals surface area contributed by atoms with E-state index in [1.165, 1.54) is 0 Å². The summed E-state index contributed by atoms with van der Waals surface area (Å²) in [6.07, 6.45) is -0.689. The lowest BCUT2D eigenvalue weighted by Gasteiger charge is -2.47. The Hall–Kier alpha value is -1.30. The molecule has 0 spiro atoms. The van der Waals surface area contributed by atoms with Gasteiger partial charge in [-0.3, -0.25) is 4.90 Å². The van der Waals surface area contributed by atoms with Gasteiger partial charge in [0, 0.05) is 12.1 Å². The second-order valence-corrected chi connectivity index (χ2v) is 6.08. The van der Waals surface area contributed by atoms with Gasteiger partial charge in [0.2, 0.25) is 0 Å². The van der Waals surface area contributed by atoms with Crippen LogP contribution in [-0.4, -0.2) is 53.1 Å². The van der Waals surface area contributed by atoms with Crippen LogP contribution >= 0.6 is 0 Å². The van der Waals surface area contributed by atoms with Gasteiger partial charge in [-0.1, -0.05) is 6.92 Å². The van der Waals surface area contributed by atoms with Crippen LogP contribution in [0.1, 0.15) is 39.4 Å². The van der Waals surface area contributed by atoms with Crippen LogP contribution in [-0.2, 0) is 0 Å². The van der Waals surface area contributed by atoms with E-state index in [-0.39, 0.29) is 12.6 Å². The van der Waals surface area contributed by atoms with Crippen LogP contribution in [0.2, 0.25) is 0 Å². The highest BCUT2D eigenvalue weighted by molar-refractivity contribution is 5.44. The van der Waals surface area contributed by atoms with Crippen molar-refractivity contribution in [3.05, 3.63) is 23.8 Å². The van der Waals surface area contributed by atoms with Gasteiger partial charge in [-0.05, 0) is 45.5 Å². The van der Waals surface area contributed by atoms with Crippen molar-refractivity contribution >= 4 is 0 Å². The van der Waals surface area contributed by atoms with E-state index in [0.29, 0.717) is 18.9 Å². The summed E-state index contributed by atoms with van der Waals surface area (Å²) < 4.78 is 11.6. The van der Waals surface area contributed by atoms with Gasteiger partial charge in [0.15, 0.2) is 0 Å². The molecule has 0 saturated carbocycles. The average Bonchev–Trinajstić information content (AvgIpc) is 2.46. The molecule has 124 valence electrons. The zero-order chi connectivity index (χ0) is 16.3. The minimum atomic E-state index is -0.689. The first-order chi connectivity index (χ1) is 10.4. The fourth-order valence-electron chi connectivity index (χ4n) is 3.26. The van der Waals surface area contributed by atoms with E-state index in [1.54, 1.807) is 0 Å². The molecular formula is C17H27NO4. The summed E-state index contributed by atoms with van der Waals surface area (Å²) in [6, 6.07) is 5.33. The standard InChI is InChI=1S/C17H27NO4/c1-5-18(9-10-19)16-15(20)13-11-12(21-6-2)7-8-14(13)22-17(16,3)4/h7-8,11,15-16,19-20H,5-6,9-10H2,1-4H3. The molecule has 0 amide bonds. The van der Waals surface area contributed by atoms with Gasteiger partial charge in [0.1, 0.15) is 23.2 Å². The SMILES string of the molecule is CCOc1ccc2c(c1)C(O)C(N(CC)CCO)C(C)(C)O2. The van der Waals surface area contributed by atoms with E-state index in [0.717, 1.165) is 17.9 Å². The number of ether oxygens (including phenoxy) is 2. The molecule has 5 heteroatoms. The first-order valence-corrected chi connectivity index (χ1v) is 7.93. The van der Waals surface area contributed by atoms with Gasteiger partial charge in [0.25, 0.3) is 0 Å². The maximum absolute atomic E-state index is 10.9. The Morgan fingerprint density at radius 1 is 1.32 bits per heavy atom. The van der Waals surface area contributed by atoms with Crippen LogP contribution in [0.4, 0.5) is 0 Å². The molecule has 1 heterocycles. The Morgan fingerprint density at radius 2 is 2.05 bits per heavy atom. The quantitative estimate of drug-likeness (QED) is 0.841. The molecule has 1 aromatic rings. The highest BCUT2D eigenvalue weighted by Crippen LogP contribution is 2.43. The van der Waals surface area contributed by atoms with Gasteiger partial charge < -0.3 is 19.7 Å². The molecule has 0 radical (unpaired) electrons. The Balaban J connectivity index is 2.39. The van der Waals surface area contributed by atoms with Crippen molar-refractivity contribution in [3.63, 3.8) is 0 Å². The molecule has 2 atom stereocenters. The van der Waals surface area contributed by atoms with Crippen molar-refractivity contribution in [2.45, 2.75) is 45.4 Å². The Labute approximate surface area is 132 Å². The third-order valence-electron chi connectivity index (χ3n) is 4.18. The van der Waals surface area contributed by atoms with Crippen LogP contribution in [0.25, 0.3) is 0 Å². The van der Waals surface area contributed by atoms with Crippen LogP contribution in [0.5, 0.6) is 11.5 Å². The summed E-state index contributed by atoms with van der Waals surface area (Å²) in [5.74, 6) is 1.42. The lowest BCUT2D eigenvalue weighted by Crippen LogP contribution is -2.58.